The molecule has 0 aliphatic carbocycles. The molecule has 0 aliphatic rings. The SMILES string of the molecule is COc1cc2nc(-c3ccc(C)cc3)cc(C(=O)O)c2cc1OC. The van der Waals surface area contributed by atoms with Gasteiger partial charge in [0.05, 0.1) is 31.0 Å². The molecule has 3 rings (SSSR count). The third-order valence-corrected chi connectivity index (χ3v) is 3.89. The van der Waals surface area contributed by atoms with Crippen LogP contribution in [0.5, 0.6) is 11.5 Å². The van der Waals surface area contributed by atoms with Gasteiger partial charge in [-0.2, -0.15) is 0 Å². The van der Waals surface area contributed by atoms with E-state index in [-0.39, 0.29) is 5.56 Å². The van der Waals surface area contributed by atoms with Gasteiger partial charge >= 0.3 is 5.97 Å². The number of benzene rings is 2. The molecule has 0 spiro atoms. The molecule has 0 unspecified atom stereocenters. The number of hydrogen-bond acceptors (Lipinski definition) is 4. The second-order valence-electron chi connectivity index (χ2n) is 5.45. The molecule has 24 heavy (non-hydrogen) atoms. The normalized spacial score (nSPS) is 10.6. The van der Waals surface area contributed by atoms with E-state index in [2.05, 4.69) is 4.98 Å². The van der Waals surface area contributed by atoms with E-state index in [0.717, 1.165) is 11.1 Å². The molecular formula is C19H17NO4. The van der Waals surface area contributed by atoms with Gasteiger partial charge in [-0.1, -0.05) is 29.8 Å². The lowest BCUT2D eigenvalue weighted by atomic mass is 10.0. The third kappa shape index (κ3) is 2.76. The number of pyridine rings is 1. The molecule has 0 amide bonds. The molecule has 0 atom stereocenters. The summed E-state index contributed by atoms with van der Waals surface area (Å²) in [6, 6.07) is 12.7. The molecular weight excluding hydrogens is 306 g/mol. The van der Waals surface area contributed by atoms with Crippen LogP contribution in [-0.2, 0) is 0 Å². The van der Waals surface area contributed by atoms with E-state index in [4.69, 9.17) is 9.47 Å². The number of fused-ring (bicyclic) bond motifs is 1. The fraction of sp³-hybridized carbons (Fsp3) is 0.158. The Labute approximate surface area is 139 Å². The minimum absolute atomic E-state index is 0.177. The Bertz CT molecular complexity index is 917. The number of methoxy groups -OCH3 is 2. The van der Waals surface area contributed by atoms with Crippen molar-refractivity contribution in [2.24, 2.45) is 0 Å². The molecule has 0 fully saturated rings. The highest BCUT2D eigenvalue weighted by molar-refractivity contribution is 6.04. The van der Waals surface area contributed by atoms with Crippen LogP contribution in [0, 0.1) is 6.92 Å². The second kappa shape index (κ2) is 6.20. The van der Waals surface area contributed by atoms with Crippen molar-refractivity contribution in [1.29, 1.82) is 0 Å². The van der Waals surface area contributed by atoms with E-state index in [1.165, 1.54) is 14.2 Å². The van der Waals surface area contributed by atoms with Crippen LogP contribution in [0.4, 0.5) is 0 Å². The van der Waals surface area contributed by atoms with Crippen LogP contribution in [-0.4, -0.2) is 30.3 Å². The van der Waals surface area contributed by atoms with Crippen LogP contribution in [0.15, 0.2) is 42.5 Å². The first kappa shape index (κ1) is 15.8. The minimum atomic E-state index is -1.01. The van der Waals surface area contributed by atoms with E-state index < -0.39 is 5.97 Å². The van der Waals surface area contributed by atoms with E-state index in [0.29, 0.717) is 28.1 Å². The van der Waals surface area contributed by atoms with Crippen LogP contribution in [0.3, 0.4) is 0 Å². The van der Waals surface area contributed by atoms with Gasteiger partial charge in [0.25, 0.3) is 0 Å². The highest BCUT2D eigenvalue weighted by atomic mass is 16.5. The lowest BCUT2D eigenvalue weighted by molar-refractivity contribution is 0.0699. The van der Waals surface area contributed by atoms with Crippen LogP contribution in [0.1, 0.15) is 15.9 Å². The molecule has 3 aromatic rings. The zero-order valence-corrected chi connectivity index (χ0v) is 13.7. The molecule has 5 nitrogen and oxygen atoms in total. The predicted octanol–water partition coefficient (Wildman–Crippen LogP) is 3.93. The average molecular weight is 323 g/mol. The molecule has 1 heterocycles. The number of aromatic nitrogens is 1. The number of aromatic carboxylic acids is 1. The van der Waals surface area contributed by atoms with Crippen LogP contribution in [0.25, 0.3) is 22.2 Å². The molecule has 0 saturated heterocycles. The zero-order chi connectivity index (χ0) is 17.3. The van der Waals surface area contributed by atoms with Gasteiger partial charge in [0.15, 0.2) is 11.5 Å². The van der Waals surface area contributed by atoms with Crippen LogP contribution in [0.2, 0.25) is 0 Å². The van der Waals surface area contributed by atoms with E-state index >= 15 is 0 Å². The minimum Gasteiger partial charge on any atom is -0.493 e. The van der Waals surface area contributed by atoms with Crippen molar-refractivity contribution in [1.82, 2.24) is 4.98 Å². The molecule has 0 radical (unpaired) electrons. The lowest BCUT2D eigenvalue weighted by Gasteiger charge is -2.12. The van der Waals surface area contributed by atoms with E-state index in [1.807, 2.05) is 31.2 Å². The number of carboxylic acids is 1. The summed E-state index contributed by atoms with van der Waals surface area (Å²) in [5, 5.41) is 10.1. The van der Waals surface area contributed by atoms with Crippen molar-refractivity contribution in [3.05, 3.63) is 53.6 Å². The number of carbonyl (C=O) groups is 1. The molecule has 2 aromatic carbocycles. The van der Waals surface area contributed by atoms with Crippen molar-refractivity contribution in [3.63, 3.8) is 0 Å². The summed E-state index contributed by atoms with van der Waals surface area (Å²) in [4.78, 5) is 16.3. The Morgan fingerprint density at radius 3 is 2.21 bits per heavy atom. The van der Waals surface area contributed by atoms with Gasteiger partial charge in [-0.05, 0) is 19.1 Å². The van der Waals surface area contributed by atoms with Gasteiger partial charge in [0, 0.05) is 17.0 Å². The first-order chi connectivity index (χ1) is 11.5. The molecule has 1 aromatic heterocycles. The number of ether oxygens (including phenoxy) is 2. The average Bonchev–Trinajstić information content (AvgIpc) is 2.59. The Balaban J connectivity index is 2.30. The number of carboxylic acid groups (broad SMARTS) is 1. The Hall–Kier alpha value is -3.08. The van der Waals surface area contributed by atoms with Crippen molar-refractivity contribution in [2.75, 3.05) is 14.2 Å². The lowest BCUT2D eigenvalue weighted by Crippen LogP contribution is -2.01. The summed E-state index contributed by atoms with van der Waals surface area (Å²) in [7, 11) is 3.05. The zero-order valence-electron chi connectivity index (χ0n) is 13.7. The summed E-state index contributed by atoms with van der Waals surface area (Å²) in [6.07, 6.45) is 0. The Morgan fingerprint density at radius 2 is 1.62 bits per heavy atom. The monoisotopic (exact) mass is 323 g/mol. The number of aryl methyl sites for hydroxylation is 1. The summed E-state index contributed by atoms with van der Waals surface area (Å²) in [5.41, 5.74) is 3.32. The van der Waals surface area contributed by atoms with Crippen molar-refractivity contribution >= 4 is 16.9 Å². The molecule has 0 saturated carbocycles. The summed E-state index contributed by atoms with van der Waals surface area (Å²) in [5.74, 6) is -0.0322. The Kier molecular flexibility index (Phi) is 4.08. The molecule has 122 valence electrons. The van der Waals surface area contributed by atoms with Gasteiger partial charge in [-0.25, -0.2) is 9.78 Å². The quantitative estimate of drug-likeness (QED) is 0.788. The topological polar surface area (TPSA) is 68.7 Å². The smallest absolute Gasteiger partial charge is 0.336 e. The summed E-state index contributed by atoms with van der Waals surface area (Å²) < 4.78 is 10.6. The van der Waals surface area contributed by atoms with Gasteiger partial charge in [0.1, 0.15) is 0 Å². The first-order valence-corrected chi connectivity index (χ1v) is 7.40. The van der Waals surface area contributed by atoms with Crippen molar-refractivity contribution < 1.29 is 19.4 Å². The fourth-order valence-corrected chi connectivity index (χ4v) is 2.60. The maximum Gasteiger partial charge on any atom is 0.336 e. The second-order valence-corrected chi connectivity index (χ2v) is 5.45. The number of nitrogens with zero attached hydrogens (tertiary/aromatic N) is 1. The first-order valence-electron chi connectivity index (χ1n) is 7.40. The van der Waals surface area contributed by atoms with Gasteiger partial charge in [-0.3, -0.25) is 0 Å². The Morgan fingerprint density at radius 1 is 1.00 bits per heavy atom. The maximum absolute atomic E-state index is 11.7. The number of hydrogen-bond donors (Lipinski definition) is 1. The third-order valence-electron chi connectivity index (χ3n) is 3.89. The highest BCUT2D eigenvalue weighted by Gasteiger charge is 2.16. The molecule has 5 heteroatoms. The summed E-state index contributed by atoms with van der Waals surface area (Å²) >= 11 is 0. The van der Waals surface area contributed by atoms with Crippen molar-refractivity contribution in [3.8, 4) is 22.8 Å². The van der Waals surface area contributed by atoms with Gasteiger partial charge < -0.3 is 14.6 Å². The number of rotatable bonds is 4. The van der Waals surface area contributed by atoms with Crippen LogP contribution < -0.4 is 9.47 Å². The molecule has 0 bridgehead atoms. The molecule has 0 aliphatic heterocycles. The maximum atomic E-state index is 11.7. The highest BCUT2D eigenvalue weighted by Crippen LogP contribution is 2.34. The summed E-state index contributed by atoms with van der Waals surface area (Å²) in [6.45, 7) is 2.00. The van der Waals surface area contributed by atoms with Crippen molar-refractivity contribution in [2.45, 2.75) is 6.92 Å². The largest absolute Gasteiger partial charge is 0.493 e. The van der Waals surface area contributed by atoms with E-state index in [1.54, 1.807) is 18.2 Å². The standard InChI is InChI=1S/C19H17NO4/c1-11-4-6-12(7-5-11)15-8-14(19(21)22)13-9-17(23-2)18(24-3)10-16(13)20-15/h4-10H,1-3H3,(H,21,22). The predicted molar refractivity (Wildman–Crippen MR) is 92.0 cm³/mol. The van der Waals surface area contributed by atoms with Gasteiger partial charge in [-0.15, -0.1) is 0 Å². The van der Waals surface area contributed by atoms with E-state index in [9.17, 15) is 9.90 Å². The van der Waals surface area contributed by atoms with Crippen LogP contribution >= 0.6 is 0 Å². The fourth-order valence-electron chi connectivity index (χ4n) is 2.60. The van der Waals surface area contributed by atoms with Gasteiger partial charge in [0.2, 0.25) is 0 Å². The molecule has 1 N–H and O–H groups in total.